The molecule has 0 bridgehead atoms. The predicted molar refractivity (Wildman–Crippen MR) is 112 cm³/mol. The predicted octanol–water partition coefficient (Wildman–Crippen LogP) is 5.21. The van der Waals surface area contributed by atoms with Gasteiger partial charge in [0.15, 0.2) is 11.8 Å². The first kappa shape index (κ1) is 20.0. The van der Waals surface area contributed by atoms with Crippen LogP contribution in [0.1, 0.15) is 29.9 Å². The highest BCUT2D eigenvalue weighted by molar-refractivity contribution is 7.13. The summed E-state index contributed by atoms with van der Waals surface area (Å²) in [5.74, 6) is -1.04. The number of aryl methyl sites for hydroxylation is 1. The zero-order chi connectivity index (χ0) is 20.1. The number of anilines is 1. The minimum atomic E-state index is -0.949. The number of benzene rings is 2. The van der Waals surface area contributed by atoms with Crippen LogP contribution in [-0.2, 0) is 16.0 Å². The number of halogens is 1. The first-order valence-electron chi connectivity index (χ1n) is 8.78. The molecule has 0 aliphatic carbocycles. The Hall–Kier alpha value is -2.70. The van der Waals surface area contributed by atoms with Gasteiger partial charge in [0.2, 0.25) is 0 Å². The van der Waals surface area contributed by atoms with Gasteiger partial charge in [-0.25, -0.2) is 9.78 Å². The van der Waals surface area contributed by atoms with Crippen molar-refractivity contribution in [3.8, 4) is 10.6 Å². The number of amides is 1. The second-order valence-corrected chi connectivity index (χ2v) is 7.43. The van der Waals surface area contributed by atoms with Gasteiger partial charge in [0.1, 0.15) is 5.01 Å². The summed E-state index contributed by atoms with van der Waals surface area (Å²) in [6.07, 6.45) is -0.0257. The van der Waals surface area contributed by atoms with Crippen molar-refractivity contribution in [3.63, 3.8) is 0 Å². The number of rotatable bonds is 6. The zero-order valence-electron chi connectivity index (χ0n) is 15.4. The monoisotopic (exact) mass is 414 g/mol. The number of ether oxygens (including phenoxy) is 1. The van der Waals surface area contributed by atoms with E-state index in [9.17, 15) is 9.59 Å². The Morgan fingerprint density at radius 3 is 2.64 bits per heavy atom. The van der Waals surface area contributed by atoms with Crippen LogP contribution in [0.5, 0.6) is 0 Å². The Bertz CT molecular complexity index is 985. The summed E-state index contributed by atoms with van der Waals surface area (Å²) in [5.41, 5.74) is 2.81. The molecule has 28 heavy (non-hydrogen) atoms. The van der Waals surface area contributed by atoms with E-state index in [1.54, 1.807) is 17.5 Å². The summed E-state index contributed by atoms with van der Waals surface area (Å²) in [6, 6.07) is 14.7. The first-order valence-corrected chi connectivity index (χ1v) is 10.0. The van der Waals surface area contributed by atoms with Gasteiger partial charge in [-0.05, 0) is 43.2 Å². The minimum absolute atomic E-state index is 0.159. The highest BCUT2D eigenvalue weighted by atomic mass is 35.5. The summed E-state index contributed by atoms with van der Waals surface area (Å²) in [5, 5.41) is 5.59. The van der Waals surface area contributed by atoms with Crippen molar-refractivity contribution in [1.82, 2.24) is 4.98 Å². The lowest BCUT2D eigenvalue weighted by Crippen LogP contribution is -2.30. The SMILES string of the molecule is CCc1ccc(NC(=O)[C@@H](C)OC(=O)c2csc(-c3cccc(Cl)c3)n2)cc1. The maximum Gasteiger partial charge on any atom is 0.358 e. The Balaban J connectivity index is 1.61. The average Bonchev–Trinajstić information content (AvgIpc) is 3.19. The van der Waals surface area contributed by atoms with E-state index in [4.69, 9.17) is 16.3 Å². The van der Waals surface area contributed by atoms with E-state index in [1.807, 2.05) is 36.4 Å². The second-order valence-electron chi connectivity index (χ2n) is 6.14. The molecule has 0 saturated carbocycles. The van der Waals surface area contributed by atoms with Crippen molar-refractivity contribution in [3.05, 3.63) is 70.2 Å². The normalized spacial score (nSPS) is 11.7. The van der Waals surface area contributed by atoms with E-state index >= 15 is 0 Å². The van der Waals surface area contributed by atoms with Crippen LogP contribution in [0.4, 0.5) is 5.69 Å². The van der Waals surface area contributed by atoms with Gasteiger partial charge in [-0.3, -0.25) is 4.79 Å². The first-order chi connectivity index (χ1) is 13.5. The van der Waals surface area contributed by atoms with Gasteiger partial charge >= 0.3 is 5.97 Å². The molecule has 3 aromatic rings. The quantitative estimate of drug-likeness (QED) is 0.562. The highest BCUT2D eigenvalue weighted by Gasteiger charge is 2.21. The number of esters is 1. The molecule has 7 heteroatoms. The largest absolute Gasteiger partial charge is 0.448 e. The van der Waals surface area contributed by atoms with Gasteiger partial charge < -0.3 is 10.1 Å². The number of nitrogens with zero attached hydrogens (tertiary/aromatic N) is 1. The lowest BCUT2D eigenvalue weighted by atomic mass is 10.1. The molecule has 0 aliphatic heterocycles. The van der Waals surface area contributed by atoms with Crippen LogP contribution in [0, 0.1) is 0 Å². The third-order valence-corrected chi connectivity index (χ3v) is 5.19. The number of carbonyl (C=O) groups is 2. The van der Waals surface area contributed by atoms with Crippen molar-refractivity contribution in [2.24, 2.45) is 0 Å². The smallest absolute Gasteiger partial charge is 0.358 e. The van der Waals surface area contributed by atoms with Crippen molar-refractivity contribution in [1.29, 1.82) is 0 Å². The Morgan fingerprint density at radius 1 is 1.21 bits per heavy atom. The summed E-state index contributed by atoms with van der Waals surface area (Å²) in [7, 11) is 0. The van der Waals surface area contributed by atoms with Crippen LogP contribution < -0.4 is 5.32 Å². The number of thiazole rings is 1. The molecule has 3 rings (SSSR count). The van der Waals surface area contributed by atoms with Gasteiger partial charge in [-0.15, -0.1) is 11.3 Å². The zero-order valence-corrected chi connectivity index (χ0v) is 17.0. The summed E-state index contributed by atoms with van der Waals surface area (Å²) >= 11 is 7.30. The van der Waals surface area contributed by atoms with E-state index in [2.05, 4.69) is 17.2 Å². The van der Waals surface area contributed by atoms with Crippen molar-refractivity contribution >= 4 is 40.5 Å². The van der Waals surface area contributed by atoms with Crippen LogP contribution in [0.3, 0.4) is 0 Å². The number of nitrogens with one attached hydrogen (secondary N) is 1. The third kappa shape index (κ3) is 4.97. The fraction of sp³-hybridized carbons (Fsp3) is 0.190. The van der Waals surface area contributed by atoms with E-state index in [0.717, 1.165) is 12.0 Å². The van der Waals surface area contributed by atoms with Crippen LogP contribution in [0.25, 0.3) is 10.6 Å². The molecule has 1 amide bonds. The number of hydrogen-bond acceptors (Lipinski definition) is 5. The van der Waals surface area contributed by atoms with Crippen molar-refractivity contribution < 1.29 is 14.3 Å². The van der Waals surface area contributed by atoms with Gasteiger partial charge in [0, 0.05) is 21.7 Å². The van der Waals surface area contributed by atoms with Gasteiger partial charge in [-0.2, -0.15) is 0 Å². The molecule has 1 N–H and O–H groups in total. The molecular weight excluding hydrogens is 396 g/mol. The standard InChI is InChI=1S/C21H19ClN2O3S/c1-3-14-7-9-17(10-8-14)23-19(25)13(2)27-21(26)18-12-28-20(24-18)15-5-4-6-16(22)11-15/h4-13H,3H2,1-2H3,(H,23,25)/t13-/m1/s1. The lowest BCUT2D eigenvalue weighted by Gasteiger charge is -2.13. The van der Waals surface area contributed by atoms with Crippen LogP contribution in [-0.4, -0.2) is 23.0 Å². The topological polar surface area (TPSA) is 68.3 Å². The molecule has 0 saturated heterocycles. The van der Waals surface area contributed by atoms with Crippen LogP contribution in [0.2, 0.25) is 5.02 Å². The maximum atomic E-state index is 12.3. The number of carbonyl (C=O) groups excluding carboxylic acids is 2. The Labute approximate surface area is 172 Å². The second kappa shape index (κ2) is 8.99. The number of aromatic nitrogens is 1. The fourth-order valence-electron chi connectivity index (χ4n) is 2.46. The van der Waals surface area contributed by atoms with Crippen molar-refractivity contribution in [2.45, 2.75) is 26.4 Å². The Kier molecular flexibility index (Phi) is 6.44. The molecule has 1 aromatic heterocycles. The molecule has 2 aromatic carbocycles. The highest BCUT2D eigenvalue weighted by Crippen LogP contribution is 2.26. The molecule has 0 unspecified atom stereocenters. The van der Waals surface area contributed by atoms with Gasteiger partial charge in [-0.1, -0.05) is 42.8 Å². The Morgan fingerprint density at radius 2 is 1.96 bits per heavy atom. The van der Waals surface area contributed by atoms with E-state index in [0.29, 0.717) is 15.7 Å². The molecule has 144 valence electrons. The summed E-state index contributed by atoms with van der Waals surface area (Å²) < 4.78 is 5.26. The molecule has 0 aliphatic rings. The number of hydrogen-bond donors (Lipinski definition) is 1. The lowest BCUT2D eigenvalue weighted by molar-refractivity contribution is -0.123. The molecular formula is C21H19ClN2O3S. The minimum Gasteiger partial charge on any atom is -0.448 e. The molecule has 0 spiro atoms. The summed E-state index contributed by atoms with van der Waals surface area (Å²) in [4.78, 5) is 28.9. The van der Waals surface area contributed by atoms with E-state index < -0.39 is 18.0 Å². The molecule has 5 nitrogen and oxygen atoms in total. The van der Waals surface area contributed by atoms with Crippen LogP contribution in [0.15, 0.2) is 53.9 Å². The fourth-order valence-corrected chi connectivity index (χ4v) is 3.44. The average molecular weight is 415 g/mol. The summed E-state index contributed by atoms with van der Waals surface area (Å²) in [6.45, 7) is 3.59. The molecule has 1 atom stereocenters. The maximum absolute atomic E-state index is 12.3. The molecule has 0 fully saturated rings. The van der Waals surface area contributed by atoms with Crippen molar-refractivity contribution in [2.75, 3.05) is 5.32 Å². The van der Waals surface area contributed by atoms with E-state index in [1.165, 1.54) is 23.8 Å². The van der Waals surface area contributed by atoms with E-state index in [-0.39, 0.29) is 5.69 Å². The van der Waals surface area contributed by atoms with Crippen LogP contribution >= 0.6 is 22.9 Å². The molecule has 0 radical (unpaired) electrons. The third-order valence-electron chi connectivity index (χ3n) is 4.07. The van der Waals surface area contributed by atoms with Gasteiger partial charge in [0.05, 0.1) is 0 Å². The molecule has 1 heterocycles. The van der Waals surface area contributed by atoms with Gasteiger partial charge in [0.25, 0.3) is 5.91 Å².